The SMILES string of the molecule is CN1CC[C@H](CNC(N)=O)C1. The number of likely N-dealkylation sites (tertiary alicyclic amines) is 1. The van der Waals surface area contributed by atoms with E-state index in [1.165, 1.54) is 0 Å². The quantitative estimate of drug-likeness (QED) is 0.573. The predicted octanol–water partition coefficient (Wildman–Crippen LogP) is -0.394. The van der Waals surface area contributed by atoms with E-state index in [9.17, 15) is 4.79 Å². The average Bonchev–Trinajstić information content (AvgIpc) is 2.31. The van der Waals surface area contributed by atoms with Crippen LogP contribution in [0.15, 0.2) is 0 Å². The zero-order valence-corrected chi connectivity index (χ0v) is 6.84. The maximum absolute atomic E-state index is 10.3. The summed E-state index contributed by atoms with van der Waals surface area (Å²) in [5.41, 5.74) is 4.94. The maximum Gasteiger partial charge on any atom is 0.312 e. The second kappa shape index (κ2) is 3.57. The molecule has 0 unspecified atom stereocenters. The lowest BCUT2D eigenvalue weighted by atomic mass is 10.1. The van der Waals surface area contributed by atoms with Gasteiger partial charge in [-0.3, -0.25) is 0 Å². The fourth-order valence-corrected chi connectivity index (χ4v) is 1.44. The van der Waals surface area contributed by atoms with Gasteiger partial charge in [0.25, 0.3) is 0 Å². The van der Waals surface area contributed by atoms with Crippen molar-refractivity contribution in [2.24, 2.45) is 11.7 Å². The average molecular weight is 157 g/mol. The van der Waals surface area contributed by atoms with Crippen LogP contribution in [-0.2, 0) is 0 Å². The summed E-state index contributed by atoms with van der Waals surface area (Å²) < 4.78 is 0. The molecule has 3 N–H and O–H groups in total. The Bertz CT molecular complexity index is 149. The maximum atomic E-state index is 10.3. The molecule has 1 atom stereocenters. The molecule has 0 aromatic heterocycles. The van der Waals surface area contributed by atoms with Gasteiger partial charge in [0.2, 0.25) is 0 Å². The first kappa shape index (κ1) is 8.33. The summed E-state index contributed by atoms with van der Waals surface area (Å²) in [6.07, 6.45) is 1.16. The van der Waals surface area contributed by atoms with Crippen LogP contribution in [0.5, 0.6) is 0 Å². The van der Waals surface area contributed by atoms with Crippen molar-refractivity contribution in [2.75, 3.05) is 26.7 Å². The van der Waals surface area contributed by atoms with E-state index in [0.29, 0.717) is 5.92 Å². The molecule has 0 radical (unpaired) electrons. The van der Waals surface area contributed by atoms with Gasteiger partial charge in [-0.05, 0) is 25.9 Å². The van der Waals surface area contributed by atoms with Crippen molar-refractivity contribution in [2.45, 2.75) is 6.42 Å². The Balaban J connectivity index is 2.13. The fraction of sp³-hybridized carbons (Fsp3) is 0.857. The van der Waals surface area contributed by atoms with Crippen molar-refractivity contribution in [3.8, 4) is 0 Å². The first-order valence-corrected chi connectivity index (χ1v) is 3.90. The van der Waals surface area contributed by atoms with Gasteiger partial charge < -0.3 is 16.0 Å². The number of urea groups is 1. The molecular weight excluding hydrogens is 142 g/mol. The first-order valence-electron chi connectivity index (χ1n) is 3.90. The normalized spacial score (nSPS) is 25.4. The Morgan fingerprint density at radius 3 is 3.00 bits per heavy atom. The highest BCUT2D eigenvalue weighted by Crippen LogP contribution is 2.12. The summed E-state index contributed by atoms with van der Waals surface area (Å²) in [4.78, 5) is 12.6. The lowest BCUT2D eigenvalue weighted by Gasteiger charge is -2.09. The largest absolute Gasteiger partial charge is 0.352 e. The minimum absolute atomic E-state index is 0.417. The highest BCUT2D eigenvalue weighted by atomic mass is 16.2. The number of carbonyl (C=O) groups is 1. The van der Waals surface area contributed by atoms with Crippen LogP contribution in [0, 0.1) is 5.92 Å². The van der Waals surface area contributed by atoms with E-state index in [-0.39, 0.29) is 0 Å². The number of primary amides is 1. The summed E-state index contributed by atoms with van der Waals surface area (Å²) >= 11 is 0. The van der Waals surface area contributed by atoms with E-state index >= 15 is 0 Å². The number of hydrogen-bond donors (Lipinski definition) is 2. The van der Waals surface area contributed by atoms with Crippen LogP contribution in [0.2, 0.25) is 0 Å². The standard InChI is InChI=1S/C7H15N3O/c1-10-3-2-6(5-10)4-9-7(8)11/h6H,2-5H2,1H3,(H3,8,9,11)/t6-/m1/s1. The number of nitrogens with one attached hydrogen (secondary N) is 1. The van der Waals surface area contributed by atoms with Crippen LogP contribution in [-0.4, -0.2) is 37.6 Å². The molecule has 11 heavy (non-hydrogen) atoms. The molecule has 1 aliphatic rings. The minimum Gasteiger partial charge on any atom is -0.352 e. The molecule has 0 aromatic carbocycles. The molecule has 1 saturated heterocycles. The molecule has 1 fully saturated rings. The van der Waals surface area contributed by atoms with Crippen molar-refractivity contribution in [3.05, 3.63) is 0 Å². The van der Waals surface area contributed by atoms with Gasteiger partial charge in [0.05, 0.1) is 0 Å². The van der Waals surface area contributed by atoms with Crippen LogP contribution in [0.1, 0.15) is 6.42 Å². The van der Waals surface area contributed by atoms with Crippen LogP contribution in [0.4, 0.5) is 4.79 Å². The molecule has 1 aliphatic heterocycles. The van der Waals surface area contributed by atoms with E-state index in [1.54, 1.807) is 0 Å². The van der Waals surface area contributed by atoms with Gasteiger partial charge in [-0.1, -0.05) is 0 Å². The van der Waals surface area contributed by atoms with Gasteiger partial charge in [-0.15, -0.1) is 0 Å². The summed E-state index contributed by atoms with van der Waals surface area (Å²) in [6.45, 7) is 2.92. The smallest absolute Gasteiger partial charge is 0.312 e. The lowest BCUT2D eigenvalue weighted by molar-refractivity contribution is 0.247. The van der Waals surface area contributed by atoms with Gasteiger partial charge in [-0.25, -0.2) is 4.79 Å². The van der Waals surface area contributed by atoms with Crippen LogP contribution in [0.3, 0.4) is 0 Å². The molecule has 1 rings (SSSR count). The van der Waals surface area contributed by atoms with Crippen LogP contribution >= 0.6 is 0 Å². The third kappa shape index (κ3) is 2.76. The second-order valence-corrected chi connectivity index (χ2v) is 3.16. The molecule has 4 nitrogen and oxygen atoms in total. The Morgan fingerprint density at radius 1 is 1.82 bits per heavy atom. The summed E-state index contributed by atoms with van der Waals surface area (Å²) in [5.74, 6) is 0.590. The molecule has 0 aromatic rings. The molecule has 2 amide bonds. The third-order valence-corrected chi connectivity index (χ3v) is 2.05. The minimum atomic E-state index is -0.417. The zero-order valence-electron chi connectivity index (χ0n) is 6.84. The molecular formula is C7H15N3O. The van der Waals surface area contributed by atoms with Crippen molar-refractivity contribution in [1.82, 2.24) is 10.2 Å². The van der Waals surface area contributed by atoms with Crippen LogP contribution < -0.4 is 11.1 Å². The van der Waals surface area contributed by atoms with Crippen LogP contribution in [0.25, 0.3) is 0 Å². The van der Waals surface area contributed by atoms with Crippen molar-refractivity contribution >= 4 is 6.03 Å². The first-order chi connectivity index (χ1) is 5.18. The fourth-order valence-electron chi connectivity index (χ4n) is 1.44. The highest BCUT2D eigenvalue weighted by molar-refractivity contribution is 5.71. The highest BCUT2D eigenvalue weighted by Gasteiger charge is 2.18. The Hall–Kier alpha value is -0.770. The number of carbonyl (C=O) groups excluding carboxylic acids is 1. The summed E-state index contributed by atoms with van der Waals surface area (Å²) in [6, 6.07) is -0.417. The van der Waals surface area contributed by atoms with Gasteiger partial charge in [0, 0.05) is 13.1 Å². The topological polar surface area (TPSA) is 58.4 Å². The van der Waals surface area contributed by atoms with Crippen molar-refractivity contribution < 1.29 is 4.79 Å². The van der Waals surface area contributed by atoms with E-state index in [0.717, 1.165) is 26.1 Å². The van der Waals surface area contributed by atoms with Crippen molar-refractivity contribution in [1.29, 1.82) is 0 Å². The lowest BCUT2D eigenvalue weighted by Crippen LogP contribution is -2.34. The third-order valence-electron chi connectivity index (χ3n) is 2.05. The Labute approximate surface area is 66.7 Å². The molecule has 0 bridgehead atoms. The molecule has 1 heterocycles. The summed E-state index contributed by atoms with van der Waals surface area (Å²) in [7, 11) is 2.09. The number of nitrogens with two attached hydrogens (primary N) is 1. The Morgan fingerprint density at radius 2 is 2.55 bits per heavy atom. The number of rotatable bonds is 2. The molecule has 0 spiro atoms. The summed E-state index contributed by atoms with van der Waals surface area (Å²) in [5, 5.41) is 2.62. The van der Waals surface area contributed by atoms with Gasteiger partial charge in [0.1, 0.15) is 0 Å². The van der Waals surface area contributed by atoms with E-state index in [2.05, 4.69) is 17.3 Å². The molecule has 0 saturated carbocycles. The Kier molecular flexibility index (Phi) is 2.70. The monoisotopic (exact) mass is 157 g/mol. The van der Waals surface area contributed by atoms with Crippen molar-refractivity contribution in [3.63, 3.8) is 0 Å². The molecule has 0 aliphatic carbocycles. The van der Waals surface area contributed by atoms with E-state index in [4.69, 9.17) is 5.73 Å². The second-order valence-electron chi connectivity index (χ2n) is 3.16. The number of hydrogen-bond acceptors (Lipinski definition) is 2. The van der Waals surface area contributed by atoms with E-state index in [1.807, 2.05) is 0 Å². The molecule has 64 valence electrons. The number of amides is 2. The predicted molar refractivity (Wildman–Crippen MR) is 43.2 cm³/mol. The van der Waals surface area contributed by atoms with Gasteiger partial charge in [-0.2, -0.15) is 0 Å². The van der Waals surface area contributed by atoms with Gasteiger partial charge >= 0.3 is 6.03 Å². The number of nitrogens with zero attached hydrogens (tertiary/aromatic N) is 1. The zero-order chi connectivity index (χ0) is 8.27. The van der Waals surface area contributed by atoms with E-state index < -0.39 is 6.03 Å². The molecule has 4 heteroatoms. The van der Waals surface area contributed by atoms with Gasteiger partial charge in [0.15, 0.2) is 0 Å².